The zero-order chi connectivity index (χ0) is 13.2. The van der Waals surface area contributed by atoms with Crippen molar-refractivity contribution in [3.63, 3.8) is 0 Å². The first-order chi connectivity index (χ1) is 8.77. The SMILES string of the molecule is CCCCOCCNC(=O)c1ccc(C#N)cc1. The Labute approximate surface area is 108 Å². The van der Waals surface area contributed by atoms with E-state index in [2.05, 4.69) is 12.2 Å². The minimum absolute atomic E-state index is 0.140. The number of hydrogen-bond acceptors (Lipinski definition) is 3. The molecular weight excluding hydrogens is 228 g/mol. The molecule has 0 aliphatic rings. The first kappa shape index (κ1) is 14.2. The zero-order valence-corrected chi connectivity index (χ0v) is 10.6. The Morgan fingerprint density at radius 1 is 1.33 bits per heavy atom. The van der Waals surface area contributed by atoms with Crippen LogP contribution in [0.2, 0.25) is 0 Å². The average molecular weight is 246 g/mol. The summed E-state index contributed by atoms with van der Waals surface area (Å²) in [7, 11) is 0. The van der Waals surface area contributed by atoms with Gasteiger partial charge < -0.3 is 10.1 Å². The van der Waals surface area contributed by atoms with E-state index >= 15 is 0 Å². The average Bonchev–Trinajstić information content (AvgIpc) is 2.42. The van der Waals surface area contributed by atoms with E-state index < -0.39 is 0 Å². The Bertz CT molecular complexity index is 407. The molecule has 1 aromatic rings. The lowest BCUT2D eigenvalue weighted by Crippen LogP contribution is -2.27. The van der Waals surface area contributed by atoms with Crippen LogP contribution in [0, 0.1) is 11.3 Å². The highest BCUT2D eigenvalue weighted by atomic mass is 16.5. The molecule has 1 rings (SSSR count). The van der Waals surface area contributed by atoms with Crippen LogP contribution in [0.4, 0.5) is 0 Å². The lowest BCUT2D eigenvalue weighted by molar-refractivity contribution is 0.0913. The van der Waals surface area contributed by atoms with E-state index in [1.165, 1.54) is 0 Å². The molecular formula is C14H18N2O2. The molecule has 1 aromatic carbocycles. The monoisotopic (exact) mass is 246 g/mol. The molecule has 0 heterocycles. The van der Waals surface area contributed by atoms with Gasteiger partial charge in [-0.2, -0.15) is 5.26 Å². The van der Waals surface area contributed by atoms with E-state index in [1.54, 1.807) is 24.3 Å². The minimum atomic E-state index is -0.140. The number of nitriles is 1. The molecule has 0 aliphatic carbocycles. The molecule has 0 bridgehead atoms. The van der Waals surface area contributed by atoms with Crippen LogP contribution in [-0.4, -0.2) is 25.7 Å². The van der Waals surface area contributed by atoms with E-state index in [9.17, 15) is 4.79 Å². The van der Waals surface area contributed by atoms with Crippen LogP contribution >= 0.6 is 0 Å². The van der Waals surface area contributed by atoms with Gasteiger partial charge in [0.1, 0.15) is 0 Å². The largest absolute Gasteiger partial charge is 0.380 e. The Morgan fingerprint density at radius 2 is 2.06 bits per heavy atom. The maximum atomic E-state index is 11.7. The molecule has 96 valence electrons. The van der Waals surface area contributed by atoms with Crippen molar-refractivity contribution >= 4 is 5.91 Å². The van der Waals surface area contributed by atoms with Crippen LogP contribution in [0.25, 0.3) is 0 Å². The van der Waals surface area contributed by atoms with E-state index in [0.29, 0.717) is 24.3 Å². The predicted octanol–water partition coefficient (Wildman–Crippen LogP) is 2.10. The van der Waals surface area contributed by atoms with Crippen molar-refractivity contribution in [1.82, 2.24) is 5.32 Å². The Kier molecular flexibility index (Phi) is 6.52. The summed E-state index contributed by atoms with van der Waals surface area (Å²) in [6.07, 6.45) is 2.15. The van der Waals surface area contributed by atoms with Crippen LogP contribution in [0.3, 0.4) is 0 Å². The Hall–Kier alpha value is -1.86. The molecule has 0 spiro atoms. The van der Waals surface area contributed by atoms with Gasteiger partial charge in [0.05, 0.1) is 18.2 Å². The summed E-state index contributed by atoms with van der Waals surface area (Å²) in [6, 6.07) is 8.57. The maximum absolute atomic E-state index is 11.7. The summed E-state index contributed by atoms with van der Waals surface area (Å²) in [6.45, 7) is 3.88. The van der Waals surface area contributed by atoms with Gasteiger partial charge in [0.15, 0.2) is 0 Å². The number of carbonyl (C=O) groups is 1. The van der Waals surface area contributed by atoms with E-state index in [1.807, 2.05) is 6.07 Å². The number of nitrogens with one attached hydrogen (secondary N) is 1. The van der Waals surface area contributed by atoms with Crippen LogP contribution in [0.15, 0.2) is 24.3 Å². The summed E-state index contributed by atoms with van der Waals surface area (Å²) in [5, 5.41) is 11.4. The number of amides is 1. The van der Waals surface area contributed by atoms with Gasteiger partial charge in [0.25, 0.3) is 5.91 Å². The molecule has 0 aliphatic heterocycles. The molecule has 1 N–H and O–H groups in total. The highest BCUT2D eigenvalue weighted by Gasteiger charge is 2.04. The number of carbonyl (C=O) groups excluding carboxylic acids is 1. The van der Waals surface area contributed by atoms with Crippen molar-refractivity contribution in [2.24, 2.45) is 0 Å². The predicted molar refractivity (Wildman–Crippen MR) is 69.2 cm³/mol. The van der Waals surface area contributed by atoms with Gasteiger partial charge in [-0.3, -0.25) is 4.79 Å². The molecule has 0 radical (unpaired) electrons. The quantitative estimate of drug-likeness (QED) is 0.749. The van der Waals surface area contributed by atoms with Gasteiger partial charge >= 0.3 is 0 Å². The van der Waals surface area contributed by atoms with E-state index in [0.717, 1.165) is 19.4 Å². The fourth-order valence-corrected chi connectivity index (χ4v) is 1.38. The number of benzene rings is 1. The van der Waals surface area contributed by atoms with E-state index in [-0.39, 0.29) is 5.91 Å². The number of nitrogens with zero attached hydrogens (tertiary/aromatic N) is 1. The molecule has 0 aromatic heterocycles. The fourth-order valence-electron chi connectivity index (χ4n) is 1.38. The molecule has 0 unspecified atom stereocenters. The van der Waals surface area contributed by atoms with Crippen molar-refractivity contribution in [2.75, 3.05) is 19.8 Å². The molecule has 0 atom stereocenters. The first-order valence-corrected chi connectivity index (χ1v) is 6.14. The smallest absolute Gasteiger partial charge is 0.251 e. The van der Waals surface area contributed by atoms with Gasteiger partial charge in [-0.05, 0) is 30.7 Å². The summed E-state index contributed by atoms with van der Waals surface area (Å²) in [5.41, 5.74) is 1.11. The summed E-state index contributed by atoms with van der Waals surface area (Å²) < 4.78 is 5.34. The number of rotatable bonds is 7. The Balaban J connectivity index is 2.26. The van der Waals surface area contributed by atoms with Gasteiger partial charge in [0.2, 0.25) is 0 Å². The first-order valence-electron chi connectivity index (χ1n) is 6.14. The Morgan fingerprint density at radius 3 is 2.67 bits per heavy atom. The van der Waals surface area contributed by atoms with E-state index in [4.69, 9.17) is 10.00 Å². The minimum Gasteiger partial charge on any atom is -0.380 e. The second-order valence-corrected chi connectivity index (χ2v) is 3.91. The van der Waals surface area contributed by atoms with Gasteiger partial charge in [-0.1, -0.05) is 13.3 Å². The third-order valence-corrected chi connectivity index (χ3v) is 2.45. The summed E-state index contributed by atoms with van der Waals surface area (Å²) >= 11 is 0. The third kappa shape index (κ3) is 4.98. The highest BCUT2D eigenvalue weighted by Crippen LogP contribution is 2.02. The second-order valence-electron chi connectivity index (χ2n) is 3.91. The van der Waals surface area contributed by atoms with Crippen molar-refractivity contribution < 1.29 is 9.53 Å². The normalized spacial score (nSPS) is 9.78. The van der Waals surface area contributed by atoms with Crippen LogP contribution < -0.4 is 5.32 Å². The molecule has 18 heavy (non-hydrogen) atoms. The second kappa shape index (κ2) is 8.26. The molecule has 0 fully saturated rings. The molecule has 0 saturated heterocycles. The van der Waals surface area contributed by atoms with Gasteiger partial charge in [-0.25, -0.2) is 0 Å². The number of hydrogen-bond donors (Lipinski definition) is 1. The van der Waals surface area contributed by atoms with Crippen molar-refractivity contribution in [2.45, 2.75) is 19.8 Å². The molecule has 4 heteroatoms. The van der Waals surface area contributed by atoms with Crippen molar-refractivity contribution in [3.8, 4) is 6.07 Å². The summed E-state index contributed by atoms with van der Waals surface area (Å²) in [4.78, 5) is 11.7. The standard InChI is InChI=1S/C14H18N2O2/c1-2-3-9-18-10-8-16-14(17)13-6-4-12(11-15)5-7-13/h4-7H,2-3,8-10H2,1H3,(H,16,17). The highest BCUT2D eigenvalue weighted by molar-refractivity contribution is 5.94. The maximum Gasteiger partial charge on any atom is 0.251 e. The topological polar surface area (TPSA) is 62.1 Å². The van der Waals surface area contributed by atoms with Gasteiger partial charge in [-0.15, -0.1) is 0 Å². The molecule has 0 saturated carbocycles. The summed E-state index contributed by atoms with van der Waals surface area (Å²) in [5.74, 6) is -0.140. The number of ether oxygens (including phenoxy) is 1. The number of unbranched alkanes of at least 4 members (excludes halogenated alkanes) is 1. The van der Waals surface area contributed by atoms with Gasteiger partial charge in [0, 0.05) is 18.7 Å². The zero-order valence-electron chi connectivity index (χ0n) is 10.6. The van der Waals surface area contributed by atoms with Crippen LogP contribution in [-0.2, 0) is 4.74 Å². The third-order valence-electron chi connectivity index (χ3n) is 2.45. The van der Waals surface area contributed by atoms with Crippen LogP contribution in [0.1, 0.15) is 35.7 Å². The van der Waals surface area contributed by atoms with Crippen LogP contribution in [0.5, 0.6) is 0 Å². The lowest BCUT2D eigenvalue weighted by atomic mass is 10.1. The fraction of sp³-hybridized carbons (Fsp3) is 0.429. The van der Waals surface area contributed by atoms with Crippen molar-refractivity contribution in [1.29, 1.82) is 5.26 Å². The lowest BCUT2D eigenvalue weighted by Gasteiger charge is -2.06. The molecule has 1 amide bonds. The molecule has 4 nitrogen and oxygen atoms in total. The van der Waals surface area contributed by atoms with Crippen molar-refractivity contribution in [3.05, 3.63) is 35.4 Å².